The molecule has 0 fully saturated rings. The van der Waals surface area contributed by atoms with Crippen LogP contribution < -0.4 is 0 Å². The third-order valence-corrected chi connectivity index (χ3v) is 4.80. The third-order valence-electron chi connectivity index (χ3n) is 4.80. The summed E-state index contributed by atoms with van der Waals surface area (Å²) in [6, 6.07) is 24.3. The fourth-order valence-electron chi connectivity index (χ4n) is 3.29. The molecule has 3 aromatic carbocycles. The number of hydrogen-bond acceptors (Lipinski definition) is 3. The van der Waals surface area contributed by atoms with Crippen LogP contribution in [0, 0.1) is 6.92 Å². The number of nitrogens with zero attached hydrogens (tertiary/aromatic N) is 2. The molecule has 0 aromatic heterocycles. The normalized spacial score (nSPS) is 16.3. The molecular formula is C23H20N2O2. The molecule has 0 radical (unpaired) electrons. The fraction of sp³-hybridized carbons (Fsp3) is 0.130. The summed E-state index contributed by atoms with van der Waals surface area (Å²) in [6.45, 7) is 2.05. The van der Waals surface area contributed by atoms with Gasteiger partial charge in [0.1, 0.15) is 5.75 Å². The van der Waals surface area contributed by atoms with E-state index < -0.39 is 0 Å². The van der Waals surface area contributed by atoms with Gasteiger partial charge < -0.3 is 5.11 Å². The number of phenolic OH excluding ortho intramolecular Hbond substituents is 1. The number of benzene rings is 3. The van der Waals surface area contributed by atoms with Crippen LogP contribution in [0.4, 0.5) is 0 Å². The zero-order chi connectivity index (χ0) is 18.8. The highest BCUT2D eigenvalue weighted by Gasteiger charge is 2.33. The van der Waals surface area contributed by atoms with Gasteiger partial charge in [-0.2, -0.15) is 5.10 Å². The Morgan fingerprint density at radius 1 is 0.963 bits per heavy atom. The van der Waals surface area contributed by atoms with Crippen molar-refractivity contribution in [2.45, 2.75) is 19.4 Å². The number of carbonyl (C=O) groups is 1. The van der Waals surface area contributed by atoms with Crippen molar-refractivity contribution in [2.24, 2.45) is 5.10 Å². The Morgan fingerprint density at radius 3 is 2.30 bits per heavy atom. The molecule has 1 aliphatic heterocycles. The maximum absolute atomic E-state index is 13.1. The first-order chi connectivity index (χ1) is 13.1. The van der Waals surface area contributed by atoms with Crippen molar-refractivity contribution in [3.63, 3.8) is 0 Å². The van der Waals surface area contributed by atoms with Gasteiger partial charge in [0.05, 0.1) is 11.8 Å². The quantitative estimate of drug-likeness (QED) is 0.740. The molecule has 0 bridgehead atoms. The summed E-state index contributed by atoms with van der Waals surface area (Å²) in [7, 11) is 0. The zero-order valence-electron chi connectivity index (χ0n) is 15.0. The van der Waals surface area contributed by atoms with Crippen LogP contribution in [-0.2, 0) is 0 Å². The van der Waals surface area contributed by atoms with Crippen molar-refractivity contribution in [3.8, 4) is 5.75 Å². The first-order valence-corrected chi connectivity index (χ1v) is 8.94. The van der Waals surface area contributed by atoms with Crippen molar-refractivity contribution in [1.82, 2.24) is 5.01 Å². The van der Waals surface area contributed by atoms with E-state index in [-0.39, 0.29) is 17.7 Å². The predicted molar refractivity (Wildman–Crippen MR) is 106 cm³/mol. The number of rotatable bonds is 3. The molecule has 1 amide bonds. The molecule has 1 N–H and O–H groups in total. The van der Waals surface area contributed by atoms with Crippen molar-refractivity contribution in [2.75, 3.05) is 0 Å². The number of phenols is 1. The molecule has 1 unspecified atom stereocenters. The zero-order valence-corrected chi connectivity index (χ0v) is 15.0. The number of hydrazone groups is 1. The summed E-state index contributed by atoms with van der Waals surface area (Å²) in [4.78, 5) is 13.1. The van der Waals surface area contributed by atoms with Gasteiger partial charge in [0.25, 0.3) is 5.91 Å². The Labute approximate surface area is 158 Å². The Hall–Kier alpha value is -3.40. The van der Waals surface area contributed by atoms with Gasteiger partial charge in [-0.05, 0) is 42.3 Å². The summed E-state index contributed by atoms with van der Waals surface area (Å²) in [5.41, 5.74) is 4.66. The highest BCUT2D eigenvalue weighted by Crippen LogP contribution is 2.34. The first-order valence-electron chi connectivity index (χ1n) is 8.94. The summed E-state index contributed by atoms with van der Waals surface area (Å²) < 4.78 is 0. The molecule has 0 saturated carbocycles. The molecule has 1 aliphatic rings. The minimum Gasteiger partial charge on any atom is -0.508 e. The molecule has 3 aromatic rings. The van der Waals surface area contributed by atoms with Crippen molar-refractivity contribution >= 4 is 11.6 Å². The van der Waals surface area contributed by atoms with E-state index in [2.05, 4.69) is 29.4 Å². The molecule has 1 heterocycles. The number of hydrogen-bond donors (Lipinski definition) is 1. The predicted octanol–water partition coefficient (Wildman–Crippen LogP) is 4.69. The van der Waals surface area contributed by atoms with E-state index in [0.717, 1.165) is 16.8 Å². The van der Waals surface area contributed by atoms with Gasteiger partial charge in [-0.15, -0.1) is 0 Å². The minimum atomic E-state index is -0.175. The first kappa shape index (κ1) is 17.0. The molecule has 0 saturated heterocycles. The molecule has 4 nitrogen and oxygen atoms in total. The van der Waals surface area contributed by atoms with E-state index in [4.69, 9.17) is 0 Å². The maximum atomic E-state index is 13.1. The Bertz CT molecular complexity index is 977. The van der Waals surface area contributed by atoms with Gasteiger partial charge in [0.15, 0.2) is 0 Å². The van der Waals surface area contributed by atoms with Crippen molar-refractivity contribution < 1.29 is 9.90 Å². The highest BCUT2D eigenvalue weighted by molar-refractivity contribution is 6.05. The number of aryl methyl sites for hydroxylation is 1. The van der Waals surface area contributed by atoms with E-state index >= 15 is 0 Å². The van der Waals surface area contributed by atoms with Gasteiger partial charge in [0, 0.05) is 12.0 Å². The van der Waals surface area contributed by atoms with E-state index in [9.17, 15) is 9.90 Å². The summed E-state index contributed by atoms with van der Waals surface area (Å²) >= 11 is 0. The van der Waals surface area contributed by atoms with Crippen LogP contribution in [0.2, 0.25) is 0 Å². The molecule has 4 heteroatoms. The number of carbonyl (C=O) groups excluding carboxylic acids is 1. The molecule has 0 aliphatic carbocycles. The lowest BCUT2D eigenvalue weighted by atomic mass is 9.97. The van der Waals surface area contributed by atoms with Gasteiger partial charge >= 0.3 is 0 Å². The summed E-state index contributed by atoms with van der Waals surface area (Å²) in [5, 5.41) is 15.7. The van der Waals surface area contributed by atoms with Crippen molar-refractivity contribution in [1.29, 1.82) is 0 Å². The van der Waals surface area contributed by atoms with Gasteiger partial charge in [-0.25, -0.2) is 5.01 Å². The Balaban J connectivity index is 1.72. The maximum Gasteiger partial charge on any atom is 0.274 e. The fourth-order valence-corrected chi connectivity index (χ4v) is 3.29. The van der Waals surface area contributed by atoms with Crippen LogP contribution in [0.5, 0.6) is 5.75 Å². The van der Waals surface area contributed by atoms with Crippen LogP contribution in [0.25, 0.3) is 0 Å². The van der Waals surface area contributed by atoms with Crippen LogP contribution >= 0.6 is 0 Å². The lowest BCUT2D eigenvalue weighted by Crippen LogP contribution is -2.27. The molecule has 0 spiro atoms. The van der Waals surface area contributed by atoms with Gasteiger partial charge in [-0.3, -0.25) is 4.79 Å². The standard InChI is InChI=1S/C23H20N2O2/c1-16-7-9-18(10-8-16)22-15-21(17-5-3-2-4-6-17)24-25(22)23(27)19-11-13-20(26)14-12-19/h2-14,22,26H,15H2,1H3. The van der Waals surface area contributed by atoms with E-state index in [1.165, 1.54) is 17.7 Å². The van der Waals surface area contributed by atoms with Gasteiger partial charge in [0.2, 0.25) is 0 Å². The third kappa shape index (κ3) is 3.47. The Morgan fingerprint density at radius 2 is 1.63 bits per heavy atom. The minimum absolute atomic E-state index is 0.136. The highest BCUT2D eigenvalue weighted by atomic mass is 16.3. The Kier molecular flexibility index (Phi) is 4.47. The average molecular weight is 356 g/mol. The molecule has 27 heavy (non-hydrogen) atoms. The second-order valence-corrected chi connectivity index (χ2v) is 6.74. The largest absolute Gasteiger partial charge is 0.508 e. The van der Waals surface area contributed by atoms with E-state index in [1.54, 1.807) is 17.1 Å². The second-order valence-electron chi connectivity index (χ2n) is 6.74. The second kappa shape index (κ2) is 7.08. The summed E-state index contributed by atoms with van der Waals surface area (Å²) in [5.74, 6) is -0.0389. The molecule has 4 rings (SSSR count). The molecular weight excluding hydrogens is 336 g/mol. The SMILES string of the molecule is Cc1ccc(C2CC(c3ccccc3)=NN2C(=O)c2ccc(O)cc2)cc1. The molecule has 1 atom stereocenters. The average Bonchev–Trinajstić information content (AvgIpc) is 3.15. The van der Waals surface area contributed by atoms with Crippen molar-refractivity contribution in [3.05, 3.63) is 101 Å². The lowest BCUT2D eigenvalue weighted by Gasteiger charge is -2.22. The van der Waals surface area contributed by atoms with Crippen LogP contribution in [0.1, 0.15) is 39.5 Å². The van der Waals surface area contributed by atoms with Crippen LogP contribution in [0.15, 0.2) is 84.0 Å². The van der Waals surface area contributed by atoms with E-state index in [1.807, 2.05) is 37.3 Å². The monoisotopic (exact) mass is 356 g/mol. The smallest absolute Gasteiger partial charge is 0.274 e. The number of amides is 1. The summed E-state index contributed by atoms with van der Waals surface area (Å²) in [6.07, 6.45) is 0.664. The lowest BCUT2D eigenvalue weighted by molar-refractivity contribution is 0.0711. The van der Waals surface area contributed by atoms with Gasteiger partial charge in [-0.1, -0.05) is 60.2 Å². The van der Waals surface area contributed by atoms with Crippen LogP contribution in [0.3, 0.4) is 0 Å². The number of aromatic hydroxyl groups is 1. The van der Waals surface area contributed by atoms with E-state index in [0.29, 0.717) is 12.0 Å². The van der Waals surface area contributed by atoms with Crippen LogP contribution in [-0.4, -0.2) is 21.7 Å². The molecule has 134 valence electrons. The topological polar surface area (TPSA) is 52.9 Å².